The second-order valence-corrected chi connectivity index (χ2v) is 37.1. The van der Waals surface area contributed by atoms with Gasteiger partial charge in [0.15, 0.2) is 0 Å². The van der Waals surface area contributed by atoms with Crippen molar-refractivity contribution >= 4 is 56.1 Å². The van der Waals surface area contributed by atoms with E-state index in [1.54, 1.807) is 7.16 Å². The van der Waals surface area contributed by atoms with E-state index in [4.69, 9.17) is 0 Å². The third-order valence-corrected chi connectivity index (χ3v) is 15.8. The molecule has 2 aromatic carbocycles. The van der Waals surface area contributed by atoms with Gasteiger partial charge in [-0.05, 0) is 0 Å². The van der Waals surface area contributed by atoms with Crippen LogP contribution in [0, 0.1) is 0 Å². The van der Waals surface area contributed by atoms with Crippen molar-refractivity contribution < 1.29 is 0 Å². The van der Waals surface area contributed by atoms with Crippen molar-refractivity contribution in [3.63, 3.8) is 0 Å². The minimum atomic E-state index is -1.90. The Kier molecular flexibility index (Phi) is 5.87. The molecule has 0 aliphatic heterocycles. The predicted octanol–water partition coefficient (Wildman–Crippen LogP) is 4.95. The normalized spacial score (nSPS) is 12.8. The van der Waals surface area contributed by atoms with Crippen LogP contribution in [0.3, 0.4) is 0 Å². The van der Waals surface area contributed by atoms with Crippen LogP contribution in [0.15, 0.2) is 48.5 Å². The molecule has 0 saturated carbocycles. The quantitative estimate of drug-likeness (QED) is 0.408. The van der Waals surface area contributed by atoms with Crippen molar-refractivity contribution in [1.82, 2.24) is 0 Å². The van der Waals surface area contributed by atoms with E-state index < -0.39 is 36.8 Å². The molecule has 0 heterocycles. The molecule has 22 heavy (non-hydrogen) atoms. The molecule has 0 nitrogen and oxygen atoms in total. The molecule has 0 amide bonds. The van der Waals surface area contributed by atoms with Gasteiger partial charge in [0.1, 0.15) is 0 Å². The van der Waals surface area contributed by atoms with E-state index in [-0.39, 0.29) is 0 Å². The van der Waals surface area contributed by atoms with Crippen LogP contribution in [-0.4, -0.2) is 36.8 Å². The molecule has 116 valence electrons. The van der Waals surface area contributed by atoms with Gasteiger partial charge >= 0.3 is 145 Å². The molecule has 2 rings (SSSR count). The molecule has 0 atom stereocenters. The molecule has 0 aliphatic rings. The van der Waals surface area contributed by atoms with Crippen molar-refractivity contribution in [3.05, 3.63) is 59.7 Å². The Morgan fingerprint density at radius 1 is 0.500 bits per heavy atom. The zero-order valence-electron chi connectivity index (χ0n) is 14.8. The van der Waals surface area contributed by atoms with Crippen LogP contribution in [0.5, 0.6) is 0 Å². The topological polar surface area (TPSA) is 0 Å². The van der Waals surface area contributed by atoms with Crippen LogP contribution in [0.2, 0.25) is 29.6 Å². The van der Waals surface area contributed by atoms with E-state index in [1.807, 2.05) is 0 Å². The van der Waals surface area contributed by atoms with Crippen LogP contribution >= 0.6 is 0 Å². The fourth-order valence-electron chi connectivity index (χ4n) is 2.38. The van der Waals surface area contributed by atoms with Crippen molar-refractivity contribution in [2.75, 3.05) is 0 Å². The molecule has 0 bridgehead atoms. The molecule has 0 aliphatic carbocycles. The molecule has 0 N–H and O–H groups in total. The van der Waals surface area contributed by atoms with E-state index in [2.05, 4.69) is 90.3 Å². The summed E-state index contributed by atoms with van der Waals surface area (Å²) in [6, 6.07) is 18.3. The predicted molar refractivity (Wildman–Crippen MR) is 108 cm³/mol. The van der Waals surface area contributed by atoms with E-state index in [0.717, 1.165) is 0 Å². The molecule has 0 fully saturated rings. The van der Waals surface area contributed by atoms with Gasteiger partial charge in [0.2, 0.25) is 0 Å². The standard InChI is InChI=1S/C14H10.6CH3.2Sn/c1-3-7-13(8-4-1)11-12-14-9-5-2-6-10-14;;;;;;;;/h3-12H;6*1H3;;/b12-11+;;;;;;;;. The first-order valence-electron chi connectivity index (χ1n) is 8.05. The van der Waals surface area contributed by atoms with Crippen molar-refractivity contribution in [3.8, 4) is 0 Å². The monoisotopic (exact) mass is 508 g/mol. The maximum atomic E-state index is 2.46. The van der Waals surface area contributed by atoms with E-state index in [1.165, 1.54) is 11.1 Å². The summed E-state index contributed by atoms with van der Waals surface area (Å²) in [6.07, 6.45) is 4.44. The third kappa shape index (κ3) is 5.16. The summed E-state index contributed by atoms with van der Waals surface area (Å²) in [7, 11) is 0. The average Bonchev–Trinajstić information content (AvgIpc) is 2.44. The molecular formula is C20H28Sn2. The van der Waals surface area contributed by atoms with Gasteiger partial charge < -0.3 is 0 Å². The first-order valence-corrected chi connectivity index (χ1v) is 28.0. The number of hydrogen-bond acceptors (Lipinski definition) is 0. The Morgan fingerprint density at radius 2 is 0.773 bits per heavy atom. The number of benzene rings is 2. The zero-order valence-corrected chi connectivity index (χ0v) is 20.5. The van der Waals surface area contributed by atoms with Crippen LogP contribution in [0.4, 0.5) is 0 Å². The van der Waals surface area contributed by atoms with Crippen LogP contribution in [0.25, 0.3) is 12.2 Å². The van der Waals surface area contributed by atoms with Crippen LogP contribution in [-0.2, 0) is 0 Å². The molecule has 0 saturated heterocycles. The van der Waals surface area contributed by atoms with Gasteiger partial charge in [-0.2, -0.15) is 0 Å². The fourth-order valence-corrected chi connectivity index (χ4v) is 9.04. The molecule has 0 radical (unpaired) electrons. The van der Waals surface area contributed by atoms with Gasteiger partial charge in [0, 0.05) is 0 Å². The second-order valence-electron chi connectivity index (χ2n) is 8.08. The zero-order chi connectivity index (χ0) is 16.4. The Labute approximate surface area is 144 Å². The fraction of sp³-hybridized carbons (Fsp3) is 0.300. The van der Waals surface area contributed by atoms with Crippen LogP contribution in [0.1, 0.15) is 11.1 Å². The van der Waals surface area contributed by atoms with Crippen molar-refractivity contribution in [2.45, 2.75) is 29.6 Å². The van der Waals surface area contributed by atoms with Gasteiger partial charge in [-0.3, -0.25) is 0 Å². The molecule has 0 unspecified atom stereocenters. The summed E-state index contributed by atoms with van der Waals surface area (Å²) in [5, 5.41) is 0. The SMILES string of the molecule is [CH3][Sn]([CH3])([CH3])[c]1ccc(/C=C/c2cc[c]([Sn]([CH3])([CH3])[CH3])cc2)cc1. The third-order valence-electron chi connectivity index (χ3n) is 4.02. The van der Waals surface area contributed by atoms with Crippen molar-refractivity contribution in [1.29, 1.82) is 0 Å². The molecular weight excluding hydrogens is 478 g/mol. The first kappa shape index (κ1) is 18.1. The van der Waals surface area contributed by atoms with E-state index in [9.17, 15) is 0 Å². The maximum absolute atomic E-state index is 2.46. The summed E-state index contributed by atoms with van der Waals surface area (Å²) in [6.45, 7) is 0. The van der Waals surface area contributed by atoms with E-state index in [0.29, 0.717) is 0 Å². The summed E-state index contributed by atoms with van der Waals surface area (Å²) < 4.78 is 3.18. The minimum absolute atomic E-state index is 1.29. The second kappa shape index (κ2) is 7.12. The van der Waals surface area contributed by atoms with Gasteiger partial charge in [-0.15, -0.1) is 0 Å². The molecule has 2 heteroatoms. The Bertz CT molecular complexity index is 577. The first-order chi connectivity index (χ1) is 10.2. The van der Waals surface area contributed by atoms with E-state index >= 15 is 0 Å². The molecule has 0 spiro atoms. The number of hydrogen-bond donors (Lipinski definition) is 0. The van der Waals surface area contributed by atoms with Gasteiger partial charge in [-0.1, -0.05) is 0 Å². The summed E-state index contributed by atoms with van der Waals surface area (Å²) in [4.78, 5) is 14.8. The Balaban J connectivity index is 2.12. The van der Waals surface area contributed by atoms with Gasteiger partial charge in [-0.25, -0.2) is 0 Å². The van der Waals surface area contributed by atoms with Gasteiger partial charge in [0.05, 0.1) is 0 Å². The van der Waals surface area contributed by atoms with Gasteiger partial charge in [0.25, 0.3) is 0 Å². The average molecular weight is 506 g/mol. The number of rotatable bonds is 4. The molecule has 2 aromatic rings. The molecule has 0 aromatic heterocycles. The van der Waals surface area contributed by atoms with Crippen LogP contribution < -0.4 is 7.16 Å². The summed E-state index contributed by atoms with van der Waals surface area (Å²) in [5.74, 6) is 0. The summed E-state index contributed by atoms with van der Waals surface area (Å²) in [5.41, 5.74) is 2.58. The Hall–Kier alpha value is -0.223. The summed E-state index contributed by atoms with van der Waals surface area (Å²) >= 11 is -3.81. The Morgan fingerprint density at radius 3 is 1.00 bits per heavy atom. The van der Waals surface area contributed by atoms with Crippen molar-refractivity contribution in [2.24, 2.45) is 0 Å².